The molecule has 2 N–H and O–H groups in total. The molecule has 0 saturated carbocycles. The van der Waals surface area contributed by atoms with Gasteiger partial charge in [-0.1, -0.05) is 13.8 Å². The number of nitrogens with zero attached hydrogens (tertiary/aromatic N) is 2. The van der Waals surface area contributed by atoms with Gasteiger partial charge in [-0.15, -0.1) is 0 Å². The minimum atomic E-state index is 0.446. The van der Waals surface area contributed by atoms with Crippen LogP contribution in [0.1, 0.15) is 37.6 Å². The summed E-state index contributed by atoms with van der Waals surface area (Å²) in [5.41, 5.74) is 8.13. The van der Waals surface area contributed by atoms with Crippen LogP contribution in [-0.2, 0) is 7.05 Å². The largest absolute Gasteiger partial charge is 0.330 e. The molecule has 0 fully saturated rings. The summed E-state index contributed by atoms with van der Waals surface area (Å²) in [5, 5.41) is 4.35. The topological polar surface area (TPSA) is 43.8 Å². The maximum atomic E-state index is 5.79. The van der Waals surface area contributed by atoms with Gasteiger partial charge in [0.1, 0.15) is 0 Å². The first-order valence-electron chi connectivity index (χ1n) is 5.25. The molecule has 1 rings (SSSR count). The summed E-state index contributed by atoms with van der Waals surface area (Å²) in [6.07, 6.45) is 1.13. The summed E-state index contributed by atoms with van der Waals surface area (Å²) in [6, 6.07) is 2.14. The first-order valence-corrected chi connectivity index (χ1v) is 5.25. The van der Waals surface area contributed by atoms with Crippen LogP contribution in [0.5, 0.6) is 0 Å². The van der Waals surface area contributed by atoms with E-state index < -0.39 is 0 Å². The van der Waals surface area contributed by atoms with Crippen LogP contribution in [0.2, 0.25) is 0 Å². The number of aryl methyl sites for hydroxylation is 2. The van der Waals surface area contributed by atoms with E-state index in [1.165, 1.54) is 5.69 Å². The molecule has 3 nitrogen and oxygen atoms in total. The van der Waals surface area contributed by atoms with Crippen molar-refractivity contribution in [2.45, 2.75) is 33.1 Å². The van der Waals surface area contributed by atoms with Gasteiger partial charge in [0.25, 0.3) is 0 Å². The van der Waals surface area contributed by atoms with Crippen molar-refractivity contribution < 1.29 is 0 Å². The lowest BCUT2D eigenvalue weighted by Crippen LogP contribution is -2.17. The van der Waals surface area contributed by atoms with Crippen LogP contribution in [0.4, 0.5) is 0 Å². The standard InChI is InChI=1S/C11H21N3/c1-8(2)5-10(7-12)11-6-9(3)13-14(11)4/h6,8,10H,5,7,12H2,1-4H3. The van der Waals surface area contributed by atoms with Crippen LogP contribution in [0.3, 0.4) is 0 Å². The Morgan fingerprint density at radius 2 is 2.14 bits per heavy atom. The molecule has 0 amide bonds. The third-order valence-corrected chi connectivity index (χ3v) is 2.50. The molecule has 0 bridgehead atoms. The lowest BCUT2D eigenvalue weighted by molar-refractivity contribution is 0.480. The third kappa shape index (κ3) is 2.58. The molecule has 3 heteroatoms. The Morgan fingerprint density at radius 3 is 2.50 bits per heavy atom. The van der Waals surface area contributed by atoms with Crippen molar-refractivity contribution in [3.8, 4) is 0 Å². The van der Waals surface area contributed by atoms with Crippen molar-refractivity contribution in [3.05, 3.63) is 17.5 Å². The van der Waals surface area contributed by atoms with E-state index in [1.807, 2.05) is 18.7 Å². The second kappa shape index (κ2) is 4.60. The van der Waals surface area contributed by atoms with Crippen molar-refractivity contribution in [1.82, 2.24) is 9.78 Å². The number of hydrogen-bond donors (Lipinski definition) is 1. The first-order chi connectivity index (χ1) is 6.54. The van der Waals surface area contributed by atoms with Gasteiger partial charge < -0.3 is 5.73 Å². The molecular formula is C11H21N3. The second-order valence-electron chi connectivity index (χ2n) is 4.40. The molecule has 80 valence electrons. The zero-order valence-electron chi connectivity index (χ0n) is 9.62. The van der Waals surface area contributed by atoms with Crippen molar-refractivity contribution in [2.75, 3.05) is 6.54 Å². The van der Waals surface area contributed by atoms with Gasteiger partial charge in [-0.25, -0.2) is 0 Å². The highest BCUT2D eigenvalue weighted by Crippen LogP contribution is 2.22. The van der Waals surface area contributed by atoms with Crippen molar-refractivity contribution in [1.29, 1.82) is 0 Å². The highest BCUT2D eigenvalue weighted by Gasteiger charge is 2.15. The fourth-order valence-corrected chi connectivity index (χ4v) is 1.92. The van der Waals surface area contributed by atoms with Gasteiger partial charge in [0.2, 0.25) is 0 Å². The van der Waals surface area contributed by atoms with Crippen LogP contribution in [-0.4, -0.2) is 16.3 Å². The molecule has 0 saturated heterocycles. The monoisotopic (exact) mass is 195 g/mol. The number of nitrogens with two attached hydrogens (primary N) is 1. The molecule has 1 unspecified atom stereocenters. The van der Waals surface area contributed by atoms with Gasteiger partial charge in [-0.2, -0.15) is 5.10 Å². The zero-order chi connectivity index (χ0) is 10.7. The predicted octanol–water partition coefficient (Wildman–Crippen LogP) is 1.82. The quantitative estimate of drug-likeness (QED) is 0.796. The lowest BCUT2D eigenvalue weighted by Gasteiger charge is -2.16. The van der Waals surface area contributed by atoms with E-state index in [2.05, 4.69) is 25.0 Å². The molecule has 1 heterocycles. The van der Waals surface area contributed by atoms with Gasteiger partial charge in [-0.3, -0.25) is 4.68 Å². The van der Waals surface area contributed by atoms with E-state index in [1.54, 1.807) is 0 Å². The van der Waals surface area contributed by atoms with Crippen LogP contribution in [0, 0.1) is 12.8 Å². The summed E-state index contributed by atoms with van der Waals surface area (Å²) in [6.45, 7) is 7.18. The maximum Gasteiger partial charge on any atom is 0.0596 e. The Bertz CT molecular complexity index is 289. The molecule has 0 radical (unpaired) electrons. The summed E-state index contributed by atoms with van der Waals surface area (Å²) >= 11 is 0. The molecule has 1 aromatic rings. The van der Waals surface area contributed by atoms with E-state index in [-0.39, 0.29) is 0 Å². The summed E-state index contributed by atoms with van der Waals surface area (Å²) in [4.78, 5) is 0. The van der Waals surface area contributed by atoms with Gasteiger partial charge in [0, 0.05) is 25.2 Å². The highest BCUT2D eigenvalue weighted by atomic mass is 15.3. The minimum Gasteiger partial charge on any atom is -0.330 e. The van der Waals surface area contributed by atoms with Crippen molar-refractivity contribution >= 4 is 0 Å². The van der Waals surface area contributed by atoms with Crippen LogP contribution >= 0.6 is 0 Å². The average molecular weight is 195 g/mol. The van der Waals surface area contributed by atoms with Crippen molar-refractivity contribution in [2.24, 2.45) is 18.7 Å². The molecule has 0 spiro atoms. The van der Waals surface area contributed by atoms with Gasteiger partial charge >= 0.3 is 0 Å². The second-order valence-corrected chi connectivity index (χ2v) is 4.40. The highest BCUT2D eigenvalue weighted by molar-refractivity contribution is 5.14. The van der Waals surface area contributed by atoms with E-state index in [4.69, 9.17) is 5.73 Å². The van der Waals surface area contributed by atoms with E-state index in [9.17, 15) is 0 Å². The summed E-state index contributed by atoms with van der Waals surface area (Å²) in [7, 11) is 1.99. The molecular weight excluding hydrogens is 174 g/mol. The predicted molar refractivity (Wildman–Crippen MR) is 59.2 cm³/mol. The Kier molecular flexibility index (Phi) is 3.69. The fraction of sp³-hybridized carbons (Fsp3) is 0.727. The number of hydrogen-bond acceptors (Lipinski definition) is 2. The Hall–Kier alpha value is -0.830. The molecule has 1 aromatic heterocycles. The lowest BCUT2D eigenvalue weighted by atomic mass is 9.94. The van der Waals surface area contributed by atoms with Crippen LogP contribution < -0.4 is 5.73 Å². The fourth-order valence-electron chi connectivity index (χ4n) is 1.92. The Morgan fingerprint density at radius 1 is 1.50 bits per heavy atom. The first kappa shape index (κ1) is 11.2. The zero-order valence-corrected chi connectivity index (χ0v) is 9.62. The van der Waals surface area contributed by atoms with Crippen molar-refractivity contribution in [3.63, 3.8) is 0 Å². The number of rotatable bonds is 4. The molecule has 0 aliphatic heterocycles. The van der Waals surface area contributed by atoms with E-state index >= 15 is 0 Å². The minimum absolute atomic E-state index is 0.446. The van der Waals surface area contributed by atoms with Gasteiger partial charge in [0.15, 0.2) is 0 Å². The maximum absolute atomic E-state index is 5.79. The molecule has 0 aliphatic rings. The van der Waals surface area contributed by atoms with Gasteiger partial charge in [0.05, 0.1) is 5.69 Å². The van der Waals surface area contributed by atoms with Crippen LogP contribution in [0.25, 0.3) is 0 Å². The third-order valence-electron chi connectivity index (χ3n) is 2.50. The van der Waals surface area contributed by atoms with Gasteiger partial charge in [-0.05, 0) is 25.3 Å². The molecule has 0 aliphatic carbocycles. The molecule has 14 heavy (non-hydrogen) atoms. The molecule has 0 aromatic carbocycles. The Balaban J connectivity index is 2.83. The SMILES string of the molecule is Cc1cc(C(CN)CC(C)C)n(C)n1. The van der Waals surface area contributed by atoms with E-state index in [0.29, 0.717) is 18.4 Å². The number of aromatic nitrogens is 2. The van der Waals surface area contributed by atoms with E-state index in [0.717, 1.165) is 12.1 Å². The normalized spacial score (nSPS) is 13.6. The molecule has 1 atom stereocenters. The summed E-state index contributed by atoms with van der Waals surface area (Å²) < 4.78 is 1.95. The van der Waals surface area contributed by atoms with Crippen LogP contribution in [0.15, 0.2) is 6.07 Å². The Labute approximate surface area is 86.3 Å². The average Bonchev–Trinajstić information content (AvgIpc) is 2.41. The summed E-state index contributed by atoms with van der Waals surface area (Å²) in [5.74, 6) is 1.12. The smallest absolute Gasteiger partial charge is 0.0596 e.